The molecule has 0 amide bonds. The molecule has 8 aliphatic carbocycles. The molecule has 3 nitrogen and oxygen atoms in total. The SMILES string of the molecule is C1=CCCC(C2NC(c3ccc(-c4ccccc4)cc3)=CC(C3=CC=CC4c5cc(C6CC=CC7=C6C6=CC8=C(CC6C76CCCCC6)c6ccccc6C86CCCCC6)ccc5O[C@@H]34)N2)=C1. The van der Waals surface area contributed by atoms with Crippen LogP contribution >= 0.6 is 0 Å². The number of hydrogen-bond donors (Lipinski definition) is 2. The van der Waals surface area contributed by atoms with Gasteiger partial charge in [0.2, 0.25) is 0 Å². The minimum Gasteiger partial charge on any atom is -0.485 e. The van der Waals surface area contributed by atoms with Crippen molar-refractivity contribution in [3.8, 4) is 16.9 Å². The van der Waals surface area contributed by atoms with Crippen molar-refractivity contribution in [2.75, 3.05) is 0 Å². The normalized spacial score (nSPS) is 29.1. The van der Waals surface area contributed by atoms with Crippen LogP contribution in [0.5, 0.6) is 5.75 Å². The predicted molar refractivity (Wildman–Crippen MR) is 274 cm³/mol. The summed E-state index contributed by atoms with van der Waals surface area (Å²) in [5.74, 6) is 2.15. The Morgan fingerprint density at radius 2 is 1.49 bits per heavy atom. The van der Waals surface area contributed by atoms with E-state index in [-0.39, 0.29) is 35.1 Å². The van der Waals surface area contributed by atoms with Gasteiger partial charge in [-0.05, 0) is 142 Å². The van der Waals surface area contributed by atoms with E-state index in [9.17, 15) is 0 Å². The lowest BCUT2D eigenvalue weighted by Crippen LogP contribution is -2.53. The molecule has 6 atom stereocenters. The highest BCUT2D eigenvalue weighted by molar-refractivity contribution is 5.86. The number of hydrogen-bond acceptors (Lipinski definition) is 3. The third-order valence-electron chi connectivity index (χ3n) is 18.3. The molecule has 0 bridgehead atoms. The minimum atomic E-state index is -0.0609. The Morgan fingerprint density at radius 1 is 0.701 bits per heavy atom. The van der Waals surface area contributed by atoms with E-state index < -0.39 is 0 Å². The number of rotatable bonds is 5. The molecule has 5 unspecified atom stereocenters. The lowest BCUT2D eigenvalue weighted by atomic mass is 9.60. The molecule has 334 valence electrons. The van der Waals surface area contributed by atoms with Gasteiger partial charge in [0.05, 0.1) is 6.04 Å². The molecule has 10 aliphatic rings. The molecule has 2 heterocycles. The highest BCUT2D eigenvalue weighted by atomic mass is 16.5. The van der Waals surface area contributed by atoms with Crippen LogP contribution in [0, 0.1) is 11.3 Å². The molecule has 2 saturated carbocycles. The van der Waals surface area contributed by atoms with Gasteiger partial charge < -0.3 is 10.1 Å². The standard InChI is InChI=1S/C64H62N2O/c1-5-17-41(18-6-1)42-27-29-43(30-28-42)57-40-58(66-62(65-57)44-19-7-2-8-20-44)49-24-15-23-48-51-37-45(31-32-59(51)67-61(48)49)46-22-16-26-54-60(46)52-39-55-50(38-56(52)64(54)35-13-4-14-36-64)47-21-9-10-25-53(47)63(55)33-11-3-12-34-63/h1-2,5-7,9-10,15-19,21,23-32,37,39-40,46,48,56,58,61-62,65-66H,3-4,8,11-14,20,22,33-36,38H2/t46?,48?,56?,58?,61-,62?/m1/s1. The third-order valence-corrected chi connectivity index (χ3v) is 18.3. The zero-order chi connectivity index (χ0) is 44.1. The minimum absolute atomic E-state index is 0.0120. The van der Waals surface area contributed by atoms with E-state index in [2.05, 4.69) is 168 Å². The maximum Gasteiger partial charge on any atom is 0.132 e. The monoisotopic (exact) mass is 874 g/mol. The molecule has 2 fully saturated rings. The van der Waals surface area contributed by atoms with Gasteiger partial charge in [-0.15, -0.1) is 0 Å². The average molecular weight is 875 g/mol. The van der Waals surface area contributed by atoms with Crippen molar-refractivity contribution < 1.29 is 4.74 Å². The fraction of sp³-hybridized carbons (Fsp3) is 0.344. The molecule has 0 saturated heterocycles. The van der Waals surface area contributed by atoms with Gasteiger partial charge in [-0.1, -0.05) is 184 Å². The van der Waals surface area contributed by atoms with E-state index in [4.69, 9.17) is 4.74 Å². The Hall–Kier alpha value is -5.90. The van der Waals surface area contributed by atoms with E-state index >= 15 is 0 Å². The molecule has 0 aromatic heterocycles. The van der Waals surface area contributed by atoms with Crippen molar-refractivity contribution >= 4 is 11.3 Å². The van der Waals surface area contributed by atoms with Gasteiger partial charge in [-0.3, -0.25) is 5.32 Å². The highest BCUT2D eigenvalue weighted by Crippen LogP contribution is 2.68. The van der Waals surface area contributed by atoms with Crippen LogP contribution in [0.2, 0.25) is 0 Å². The Balaban J connectivity index is 0.807. The van der Waals surface area contributed by atoms with Crippen molar-refractivity contribution in [1.29, 1.82) is 0 Å². The smallest absolute Gasteiger partial charge is 0.132 e. The van der Waals surface area contributed by atoms with Crippen LogP contribution in [-0.4, -0.2) is 18.3 Å². The molecular weight excluding hydrogens is 813 g/mol. The zero-order valence-electron chi connectivity index (χ0n) is 38.8. The second-order valence-corrected chi connectivity index (χ2v) is 21.5. The van der Waals surface area contributed by atoms with Crippen LogP contribution in [0.15, 0.2) is 191 Å². The molecule has 14 rings (SSSR count). The van der Waals surface area contributed by atoms with Crippen LogP contribution in [0.25, 0.3) is 22.4 Å². The number of benzene rings is 4. The number of allylic oxidation sites excluding steroid dienone is 13. The van der Waals surface area contributed by atoms with E-state index in [1.165, 1.54) is 115 Å². The Morgan fingerprint density at radius 3 is 2.33 bits per heavy atom. The fourth-order valence-corrected chi connectivity index (χ4v) is 15.2. The summed E-state index contributed by atoms with van der Waals surface area (Å²) in [5, 5.41) is 7.99. The summed E-state index contributed by atoms with van der Waals surface area (Å²) < 4.78 is 7.13. The molecule has 2 N–H and O–H groups in total. The van der Waals surface area contributed by atoms with Crippen LogP contribution in [0.3, 0.4) is 0 Å². The second-order valence-electron chi connectivity index (χ2n) is 21.5. The quantitative estimate of drug-likeness (QED) is 0.210. The summed E-state index contributed by atoms with van der Waals surface area (Å²) in [5.41, 5.74) is 22.6. The summed E-state index contributed by atoms with van der Waals surface area (Å²) >= 11 is 0. The summed E-state index contributed by atoms with van der Waals surface area (Å²) in [6.45, 7) is 0. The first-order valence-electron chi connectivity index (χ1n) is 26.1. The third kappa shape index (κ3) is 6.25. The van der Waals surface area contributed by atoms with Crippen molar-refractivity contribution in [2.24, 2.45) is 11.3 Å². The predicted octanol–water partition coefficient (Wildman–Crippen LogP) is 14.8. The maximum atomic E-state index is 7.13. The van der Waals surface area contributed by atoms with Crippen LogP contribution in [-0.2, 0) is 5.41 Å². The summed E-state index contributed by atoms with van der Waals surface area (Å²) in [6, 6.07) is 36.8. The molecule has 67 heavy (non-hydrogen) atoms. The first-order chi connectivity index (χ1) is 33.1. The van der Waals surface area contributed by atoms with Crippen molar-refractivity contribution in [2.45, 2.75) is 125 Å². The lowest BCUT2D eigenvalue weighted by molar-refractivity contribution is 0.184. The van der Waals surface area contributed by atoms with Gasteiger partial charge in [0.15, 0.2) is 0 Å². The molecule has 4 aromatic carbocycles. The summed E-state index contributed by atoms with van der Waals surface area (Å²) in [4.78, 5) is 0. The van der Waals surface area contributed by atoms with Crippen LogP contribution in [0.1, 0.15) is 130 Å². The Labute approximate surface area is 397 Å². The maximum absolute atomic E-state index is 7.13. The van der Waals surface area contributed by atoms with Crippen LogP contribution < -0.4 is 15.4 Å². The van der Waals surface area contributed by atoms with E-state index in [1.54, 1.807) is 39.0 Å². The van der Waals surface area contributed by atoms with E-state index in [0.717, 1.165) is 25.0 Å². The first kappa shape index (κ1) is 40.2. The summed E-state index contributed by atoms with van der Waals surface area (Å²) in [6.07, 6.45) is 42.1. The Kier molecular flexibility index (Phi) is 9.51. The van der Waals surface area contributed by atoms with Crippen molar-refractivity contribution in [1.82, 2.24) is 10.6 Å². The second kappa shape index (κ2) is 15.8. The zero-order valence-corrected chi connectivity index (χ0v) is 38.8. The topological polar surface area (TPSA) is 33.3 Å². The molecule has 4 aromatic rings. The number of fused-ring (bicyclic) bond motifs is 11. The summed E-state index contributed by atoms with van der Waals surface area (Å²) in [7, 11) is 0. The fourth-order valence-electron chi connectivity index (χ4n) is 15.2. The molecule has 3 heteroatoms. The van der Waals surface area contributed by atoms with Gasteiger partial charge in [0.1, 0.15) is 18.0 Å². The molecule has 0 radical (unpaired) electrons. The van der Waals surface area contributed by atoms with Gasteiger partial charge >= 0.3 is 0 Å². The van der Waals surface area contributed by atoms with Gasteiger partial charge in [0.25, 0.3) is 0 Å². The average Bonchev–Trinajstić information content (AvgIpc) is 4.00. The lowest BCUT2D eigenvalue weighted by Gasteiger charge is -2.43. The van der Waals surface area contributed by atoms with E-state index in [1.807, 2.05) is 0 Å². The number of ether oxygens (including phenoxy) is 1. The highest BCUT2D eigenvalue weighted by Gasteiger charge is 2.56. The molecule has 2 aliphatic heterocycles. The van der Waals surface area contributed by atoms with Gasteiger partial charge in [-0.25, -0.2) is 0 Å². The Bertz CT molecular complexity index is 2970. The molecule has 2 spiro atoms. The largest absolute Gasteiger partial charge is 0.485 e. The van der Waals surface area contributed by atoms with Crippen LogP contribution in [0.4, 0.5) is 0 Å². The van der Waals surface area contributed by atoms with Crippen molar-refractivity contribution in [3.05, 3.63) is 219 Å². The number of nitrogens with one attached hydrogen (secondary N) is 2. The van der Waals surface area contributed by atoms with Gasteiger partial charge in [-0.2, -0.15) is 0 Å². The van der Waals surface area contributed by atoms with Crippen molar-refractivity contribution in [3.63, 3.8) is 0 Å². The first-order valence-corrected chi connectivity index (χ1v) is 26.1. The van der Waals surface area contributed by atoms with Gasteiger partial charge in [0, 0.05) is 33.9 Å². The van der Waals surface area contributed by atoms with E-state index in [0.29, 0.717) is 11.8 Å². The molecular formula is C64H62N2O.